The van der Waals surface area contributed by atoms with Crippen molar-refractivity contribution < 1.29 is 8.42 Å². The third kappa shape index (κ3) is 4.04. The first kappa shape index (κ1) is 16.0. The molecule has 0 radical (unpaired) electrons. The molecule has 6 heteroatoms. The highest BCUT2D eigenvalue weighted by atomic mass is 32.2. The Morgan fingerprint density at radius 2 is 2.10 bits per heavy atom. The standard InChI is InChI=1S/C15H23N3O2S/c1-12(13-6-3-2-4-7-13)11-21(19,20)18-9-5-8-14(10-18)15(16)17/h2-4,6-7,12,14H,5,8-11H2,1H3,(H3,16,17). The van der Waals surface area contributed by atoms with Gasteiger partial charge in [-0.05, 0) is 24.3 Å². The van der Waals surface area contributed by atoms with E-state index in [1.807, 2.05) is 37.3 Å². The molecule has 0 spiro atoms. The van der Waals surface area contributed by atoms with Gasteiger partial charge < -0.3 is 5.73 Å². The first-order valence-electron chi connectivity index (χ1n) is 7.27. The van der Waals surface area contributed by atoms with Gasteiger partial charge in [-0.2, -0.15) is 0 Å². The smallest absolute Gasteiger partial charge is 0.214 e. The zero-order valence-corrected chi connectivity index (χ0v) is 13.1. The minimum absolute atomic E-state index is 0.0473. The van der Waals surface area contributed by atoms with Crippen molar-refractivity contribution in [1.29, 1.82) is 5.41 Å². The van der Waals surface area contributed by atoms with Crippen LogP contribution in [-0.4, -0.2) is 37.4 Å². The predicted molar refractivity (Wildman–Crippen MR) is 84.9 cm³/mol. The molecule has 1 saturated heterocycles. The Hall–Kier alpha value is -1.40. The topological polar surface area (TPSA) is 87.2 Å². The van der Waals surface area contributed by atoms with Crippen molar-refractivity contribution in [2.24, 2.45) is 11.7 Å². The lowest BCUT2D eigenvalue weighted by atomic mass is 9.99. The zero-order valence-electron chi connectivity index (χ0n) is 12.3. The van der Waals surface area contributed by atoms with Gasteiger partial charge in [-0.1, -0.05) is 37.3 Å². The van der Waals surface area contributed by atoms with Crippen molar-refractivity contribution in [2.45, 2.75) is 25.7 Å². The highest BCUT2D eigenvalue weighted by Gasteiger charge is 2.31. The average molecular weight is 309 g/mol. The van der Waals surface area contributed by atoms with E-state index in [0.29, 0.717) is 13.1 Å². The summed E-state index contributed by atoms with van der Waals surface area (Å²) in [6.45, 7) is 2.81. The fraction of sp³-hybridized carbons (Fsp3) is 0.533. The Labute approximate surface area is 126 Å². The Kier molecular flexibility index (Phi) is 5.00. The third-order valence-electron chi connectivity index (χ3n) is 4.05. The summed E-state index contributed by atoms with van der Waals surface area (Å²) in [6.07, 6.45) is 1.57. The zero-order chi connectivity index (χ0) is 15.5. The molecule has 2 rings (SSSR count). The molecule has 2 atom stereocenters. The second kappa shape index (κ2) is 6.58. The van der Waals surface area contributed by atoms with Crippen LogP contribution in [0, 0.1) is 11.3 Å². The molecule has 5 nitrogen and oxygen atoms in total. The highest BCUT2D eigenvalue weighted by Crippen LogP contribution is 2.23. The van der Waals surface area contributed by atoms with Crippen molar-refractivity contribution in [3.05, 3.63) is 35.9 Å². The van der Waals surface area contributed by atoms with E-state index in [9.17, 15) is 8.42 Å². The number of benzene rings is 1. The Morgan fingerprint density at radius 3 is 2.71 bits per heavy atom. The van der Waals surface area contributed by atoms with E-state index in [1.165, 1.54) is 4.31 Å². The molecule has 0 bridgehead atoms. The van der Waals surface area contributed by atoms with Crippen molar-refractivity contribution in [3.63, 3.8) is 0 Å². The van der Waals surface area contributed by atoms with Crippen LogP contribution < -0.4 is 5.73 Å². The fourth-order valence-corrected chi connectivity index (χ4v) is 4.60. The summed E-state index contributed by atoms with van der Waals surface area (Å²) >= 11 is 0. The molecule has 0 amide bonds. The normalized spacial score (nSPS) is 21.9. The summed E-state index contributed by atoms with van der Waals surface area (Å²) in [4.78, 5) is 0. The summed E-state index contributed by atoms with van der Waals surface area (Å²) in [6, 6.07) is 9.67. The highest BCUT2D eigenvalue weighted by molar-refractivity contribution is 7.89. The maximum absolute atomic E-state index is 12.6. The predicted octanol–water partition coefficient (Wildman–Crippen LogP) is 1.77. The minimum atomic E-state index is -3.32. The van der Waals surface area contributed by atoms with Gasteiger partial charge in [0.05, 0.1) is 11.6 Å². The number of hydrogen-bond donors (Lipinski definition) is 2. The minimum Gasteiger partial charge on any atom is -0.387 e. The fourth-order valence-electron chi connectivity index (χ4n) is 2.75. The van der Waals surface area contributed by atoms with Crippen LogP contribution in [0.3, 0.4) is 0 Å². The number of sulfonamides is 1. The summed E-state index contributed by atoms with van der Waals surface area (Å²) < 4.78 is 26.6. The lowest BCUT2D eigenvalue weighted by molar-refractivity contribution is 0.310. The monoisotopic (exact) mass is 309 g/mol. The summed E-state index contributed by atoms with van der Waals surface area (Å²) in [7, 11) is -3.32. The van der Waals surface area contributed by atoms with Crippen LogP contribution >= 0.6 is 0 Å². The van der Waals surface area contributed by atoms with Crippen molar-refractivity contribution in [2.75, 3.05) is 18.8 Å². The number of hydrogen-bond acceptors (Lipinski definition) is 3. The number of piperidine rings is 1. The number of nitrogens with zero attached hydrogens (tertiary/aromatic N) is 1. The van der Waals surface area contributed by atoms with E-state index < -0.39 is 10.0 Å². The first-order valence-corrected chi connectivity index (χ1v) is 8.88. The second-order valence-electron chi connectivity index (χ2n) is 5.74. The second-order valence-corrected chi connectivity index (χ2v) is 7.76. The molecule has 0 saturated carbocycles. The Bertz CT molecular complexity index is 586. The van der Waals surface area contributed by atoms with Crippen LogP contribution in [-0.2, 0) is 10.0 Å². The van der Waals surface area contributed by atoms with Gasteiger partial charge in [-0.25, -0.2) is 12.7 Å². The maximum Gasteiger partial charge on any atom is 0.214 e. The van der Waals surface area contributed by atoms with E-state index in [0.717, 1.165) is 18.4 Å². The molecule has 1 heterocycles. The van der Waals surface area contributed by atoms with Gasteiger partial charge >= 0.3 is 0 Å². The average Bonchev–Trinajstić information content (AvgIpc) is 2.48. The molecule has 116 valence electrons. The van der Waals surface area contributed by atoms with E-state index in [-0.39, 0.29) is 23.4 Å². The number of rotatable bonds is 5. The summed E-state index contributed by atoms with van der Waals surface area (Å²) in [5, 5.41) is 7.52. The van der Waals surface area contributed by atoms with Crippen LogP contribution in [0.4, 0.5) is 0 Å². The molecule has 1 aromatic carbocycles. The van der Waals surface area contributed by atoms with E-state index in [4.69, 9.17) is 11.1 Å². The lowest BCUT2D eigenvalue weighted by Crippen LogP contribution is -2.45. The van der Waals surface area contributed by atoms with Crippen LogP contribution in [0.1, 0.15) is 31.2 Å². The molecular formula is C15H23N3O2S. The summed E-state index contributed by atoms with van der Waals surface area (Å²) in [5.41, 5.74) is 6.56. The molecule has 0 aromatic heterocycles. The van der Waals surface area contributed by atoms with Gasteiger partial charge in [0.25, 0.3) is 0 Å². The molecule has 1 aliphatic rings. The van der Waals surface area contributed by atoms with E-state index >= 15 is 0 Å². The van der Waals surface area contributed by atoms with E-state index in [1.54, 1.807) is 0 Å². The quantitative estimate of drug-likeness (QED) is 0.642. The molecule has 1 aliphatic heterocycles. The van der Waals surface area contributed by atoms with Crippen molar-refractivity contribution in [1.82, 2.24) is 4.31 Å². The lowest BCUT2D eigenvalue weighted by Gasteiger charge is -2.32. The SMILES string of the molecule is CC(CS(=O)(=O)N1CCCC(C(=N)N)C1)c1ccccc1. The van der Waals surface area contributed by atoms with Gasteiger partial charge in [0, 0.05) is 19.0 Å². The van der Waals surface area contributed by atoms with Gasteiger partial charge in [-0.15, -0.1) is 0 Å². The number of nitrogens with one attached hydrogen (secondary N) is 1. The van der Waals surface area contributed by atoms with Crippen LogP contribution in [0.5, 0.6) is 0 Å². The van der Waals surface area contributed by atoms with E-state index in [2.05, 4.69) is 0 Å². The van der Waals surface area contributed by atoms with Gasteiger partial charge in [0.15, 0.2) is 0 Å². The van der Waals surface area contributed by atoms with Crippen molar-refractivity contribution >= 4 is 15.9 Å². The molecule has 3 N–H and O–H groups in total. The molecule has 1 fully saturated rings. The first-order chi connectivity index (χ1) is 9.90. The molecule has 21 heavy (non-hydrogen) atoms. The van der Waals surface area contributed by atoms with Gasteiger partial charge in [-0.3, -0.25) is 5.41 Å². The Balaban J connectivity index is 2.06. The van der Waals surface area contributed by atoms with Gasteiger partial charge in [0.2, 0.25) is 10.0 Å². The largest absolute Gasteiger partial charge is 0.387 e. The molecular weight excluding hydrogens is 286 g/mol. The number of amidine groups is 1. The molecule has 0 aliphatic carbocycles. The molecule has 1 aromatic rings. The third-order valence-corrected chi connectivity index (χ3v) is 6.09. The van der Waals surface area contributed by atoms with Crippen LogP contribution in [0.15, 0.2) is 30.3 Å². The van der Waals surface area contributed by atoms with Gasteiger partial charge in [0.1, 0.15) is 0 Å². The maximum atomic E-state index is 12.6. The Morgan fingerprint density at radius 1 is 1.43 bits per heavy atom. The van der Waals surface area contributed by atoms with Crippen LogP contribution in [0.2, 0.25) is 0 Å². The summed E-state index contributed by atoms with van der Waals surface area (Å²) in [5.74, 6) is 0.00206. The van der Waals surface area contributed by atoms with Crippen molar-refractivity contribution in [3.8, 4) is 0 Å². The van der Waals surface area contributed by atoms with Crippen LogP contribution in [0.25, 0.3) is 0 Å². The molecule has 2 unspecified atom stereocenters. The number of nitrogens with two attached hydrogens (primary N) is 1.